The zero-order chi connectivity index (χ0) is 19.3. The highest BCUT2D eigenvalue weighted by Gasteiger charge is 2.03. The summed E-state index contributed by atoms with van der Waals surface area (Å²) >= 11 is 0. The van der Waals surface area contributed by atoms with Gasteiger partial charge in [0.05, 0.1) is 13.7 Å². The second-order valence-corrected chi connectivity index (χ2v) is 5.95. The Labute approximate surface area is 161 Å². The molecule has 0 aromatic heterocycles. The van der Waals surface area contributed by atoms with Gasteiger partial charge in [0.15, 0.2) is 5.96 Å². The van der Waals surface area contributed by atoms with Gasteiger partial charge in [0.1, 0.15) is 5.75 Å². The third-order valence-electron chi connectivity index (χ3n) is 3.89. The molecular weight excluding hydrogens is 340 g/mol. The maximum atomic E-state index is 12.0. The monoisotopic (exact) mass is 368 g/mol. The van der Waals surface area contributed by atoms with Gasteiger partial charge in [-0.05, 0) is 43.2 Å². The van der Waals surface area contributed by atoms with Crippen LogP contribution in [0.25, 0.3) is 0 Å². The Morgan fingerprint density at radius 1 is 0.963 bits per heavy atom. The van der Waals surface area contributed by atoms with Gasteiger partial charge in [-0.3, -0.25) is 4.79 Å². The summed E-state index contributed by atoms with van der Waals surface area (Å²) in [6.07, 6.45) is 0.811. The summed E-state index contributed by atoms with van der Waals surface area (Å²) in [7, 11) is 1.66. The molecule has 27 heavy (non-hydrogen) atoms. The van der Waals surface area contributed by atoms with Crippen LogP contribution in [-0.2, 0) is 6.54 Å². The molecule has 144 valence electrons. The third-order valence-corrected chi connectivity index (χ3v) is 3.89. The van der Waals surface area contributed by atoms with Crippen molar-refractivity contribution in [1.29, 1.82) is 0 Å². The Hall–Kier alpha value is -3.02. The van der Waals surface area contributed by atoms with E-state index < -0.39 is 0 Å². The van der Waals surface area contributed by atoms with Crippen LogP contribution in [0.2, 0.25) is 0 Å². The first-order chi connectivity index (χ1) is 13.2. The minimum absolute atomic E-state index is 0.0457. The lowest BCUT2D eigenvalue weighted by Gasteiger charge is -2.12. The molecule has 0 saturated heterocycles. The van der Waals surface area contributed by atoms with Crippen LogP contribution in [0.15, 0.2) is 59.6 Å². The Morgan fingerprint density at radius 3 is 2.33 bits per heavy atom. The van der Waals surface area contributed by atoms with Crippen LogP contribution in [0.4, 0.5) is 0 Å². The molecule has 2 aromatic carbocycles. The van der Waals surface area contributed by atoms with Crippen molar-refractivity contribution in [3.8, 4) is 5.75 Å². The molecule has 0 aliphatic carbocycles. The lowest BCUT2D eigenvalue weighted by atomic mass is 10.2. The van der Waals surface area contributed by atoms with Crippen molar-refractivity contribution in [2.75, 3.05) is 26.7 Å². The molecular formula is C21H28N4O2. The van der Waals surface area contributed by atoms with Crippen LogP contribution in [0.5, 0.6) is 5.75 Å². The fourth-order valence-corrected chi connectivity index (χ4v) is 2.43. The van der Waals surface area contributed by atoms with Gasteiger partial charge in [-0.15, -0.1) is 0 Å². The van der Waals surface area contributed by atoms with E-state index in [1.165, 1.54) is 0 Å². The molecule has 0 unspecified atom stereocenters. The summed E-state index contributed by atoms with van der Waals surface area (Å²) < 4.78 is 5.16. The summed E-state index contributed by atoms with van der Waals surface area (Å²) in [5.41, 5.74) is 1.79. The number of nitrogens with one attached hydrogen (secondary N) is 3. The number of ether oxygens (including phenoxy) is 1. The number of nitrogens with zero attached hydrogens (tertiary/aromatic N) is 1. The molecule has 6 nitrogen and oxygen atoms in total. The smallest absolute Gasteiger partial charge is 0.251 e. The number of hydrogen-bond donors (Lipinski definition) is 3. The molecule has 0 radical (unpaired) electrons. The van der Waals surface area contributed by atoms with Crippen LogP contribution in [0.1, 0.15) is 29.3 Å². The van der Waals surface area contributed by atoms with Gasteiger partial charge >= 0.3 is 0 Å². The molecule has 0 aliphatic rings. The van der Waals surface area contributed by atoms with Crippen molar-refractivity contribution in [2.24, 2.45) is 4.99 Å². The average Bonchev–Trinajstić information content (AvgIpc) is 2.72. The van der Waals surface area contributed by atoms with E-state index >= 15 is 0 Å². The molecule has 0 fully saturated rings. The number of carbonyl (C=O) groups is 1. The van der Waals surface area contributed by atoms with Crippen LogP contribution in [-0.4, -0.2) is 38.6 Å². The quantitative estimate of drug-likeness (QED) is 0.361. The molecule has 2 rings (SSSR count). The second-order valence-electron chi connectivity index (χ2n) is 5.95. The number of carbonyl (C=O) groups excluding carboxylic acids is 1. The minimum Gasteiger partial charge on any atom is -0.497 e. The summed E-state index contributed by atoms with van der Waals surface area (Å²) in [6, 6.07) is 17.1. The normalized spacial score (nSPS) is 11.0. The Bertz CT molecular complexity index is 715. The van der Waals surface area contributed by atoms with Crippen molar-refractivity contribution in [3.63, 3.8) is 0 Å². The summed E-state index contributed by atoms with van der Waals surface area (Å²) in [5.74, 6) is 1.56. The van der Waals surface area contributed by atoms with Gasteiger partial charge < -0.3 is 20.7 Å². The molecule has 3 N–H and O–H groups in total. The van der Waals surface area contributed by atoms with E-state index in [1.807, 2.05) is 61.5 Å². The average molecular weight is 368 g/mol. The third kappa shape index (κ3) is 7.40. The number of aliphatic imine (C=N–C) groups is 1. The van der Waals surface area contributed by atoms with E-state index in [-0.39, 0.29) is 5.91 Å². The van der Waals surface area contributed by atoms with Crippen LogP contribution in [0.3, 0.4) is 0 Å². The first-order valence-corrected chi connectivity index (χ1v) is 9.21. The highest BCUT2D eigenvalue weighted by atomic mass is 16.5. The molecule has 2 aromatic rings. The molecule has 0 saturated carbocycles. The van der Waals surface area contributed by atoms with Crippen molar-refractivity contribution in [2.45, 2.75) is 19.9 Å². The zero-order valence-corrected chi connectivity index (χ0v) is 16.0. The highest BCUT2D eigenvalue weighted by Crippen LogP contribution is 2.11. The van der Waals surface area contributed by atoms with E-state index in [2.05, 4.69) is 20.9 Å². The van der Waals surface area contributed by atoms with E-state index in [0.29, 0.717) is 18.7 Å². The standard InChI is InChI=1S/C21H28N4O2/c1-3-22-21(25-16-17-10-12-19(27-2)13-11-17)24-15-7-14-23-20(26)18-8-5-4-6-9-18/h4-6,8-13H,3,7,14-16H2,1-2H3,(H,23,26)(H2,22,24,25). The lowest BCUT2D eigenvalue weighted by molar-refractivity contribution is 0.0953. The summed E-state index contributed by atoms with van der Waals surface area (Å²) in [5, 5.41) is 9.44. The van der Waals surface area contributed by atoms with Gasteiger partial charge in [0, 0.05) is 25.2 Å². The van der Waals surface area contributed by atoms with Gasteiger partial charge in [0.2, 0.25) is 0 Å². The summed E-state index contributed by atoms with van der Waals surface area (Å²) in [4.78, 5) is 16.6. The molecule has 0 heterocycles. The molecule has 6 heteroatoms. The Balaban J connectivity index is 1.72. The number of rotatable bonds is 9. The number of amides is 1. The highest BCUT2D eigenvalue weighted by molar-refractivity contribution is 5.94. The number of hydrogen-bond acceptors (Lipinski definition) is 3. The Morgan fingerprint density at radius 2 is 1.67 bits per heavy atom. The van der Waals surface area contributed by atoms with Crippen LogP contribution in [0, 0.1) is 0 Å². The molecule has 0 atom stereocenters. The number of methoxy groups -OCH3 is 1. The first-order valence-electron chi connectivity index (χ1n) is 9.21. The summed E-state index contributed by atoms with van der Waals surface area (Å²) in [6.45, 7) is 4.75. The van der Waals surface area contributed by atoms with Crippen LogP contribution >= 0.6 is 0 Å². The van der Waals surface area contributed by atoms with E-state index in [1.54, 1.807) is 7.11 Å². The van der Waals surface area contributed by atoms with Crippen molar-refractivity contribution >= 4 is 11.9 Å². The number of benzene rings is 2. The van der Waals surface area contributed by atoms with Gasteiger partial charge in [-0.1, -0.05) is 30.3 Å². The fraction of sp³-hybridized carbons (Fsp3) is 0.333. The SMILES string of the molecule is CCNC(=NCc1ccc(OC)cc1)NCCCNC(=O)c1ccccc1. The van der Waals surface area contributed by atoms with E-state index in [9.17, 15) is 4.79 Å². The predicted octanol–water partition coefficient (Wildman–Crippen LogP) is 2.57. The van der Waals surface area contributed by atoms with Crippen LogP contribution < -0.4 is 20.7 Å². The molecule has 0 spiro atoms. The largest absolute Gasteiger partial charge is 0.497 e. The van der Waals surface area contributed by atoms with Crippen molar-refractivity contribution in [1.82, 2.24) is 16.0 Å². The van der Waals surface area contributed by atoms with Gasteiger partial charge in [-0.25, -0.2) is 4.99 Å². The van der Waals surface area contributed by atoms with Gasteiger partial charge in [-0.2, -0.15) is 0 Å². The molecule has 1 amide bonds. The molecule has 0 bridgehead atoms. The zero-order valence-electron chi connectivity index (χ0n) is 16.0. The van der Waals surface area contributed by atoms with E-state index in [0.717, 1.165) is 36.8 Å². The topological polar surface area (TPSA) is 74.8 Å². The van der Waals surface area contributed by atoms with E-state index in [4.69, 9.17) is 4.74 Å². The maximum absolute atomic E-state index is 12.0. The molecule has 0 aliphatic heterocycles. The predicted molar refractivity (Wildman–Crippen MR) is 109 cm³/mol. The second kappa shape index (κ2) is 11.6. The first kappa shape index (κ1) is 20.3. The van der Waals surface area contributed by atoms with Gasteiger partial charge in [0.25, 0.3) is 5.91 Å². The Kier molecular flexibility index (Phi) is 8.69. The fourth-order valence-electron chi connectivity index (χ4n) is 2.43. The maximum Gasteiger partial charge on any atom is 0.251 e. The lowest BCUT2D eigenvalue weighted by Crippen LogP contribution is -2.38. The van der Waals surface area contributed by atoms with Crippen molar-refractivity contribution < 1.29 is 9.53 Å². The van der Waals surface area contributed by atoms with Crippen molar-refractivity contribution in [3.05, 3.63) is 65.7 Å². The number of guanidine groups is 1. The minimum atomic E-state index is -0.0457.